The molecule has 1 aliphatic heterocycles. The highest BCUT2D eigenvalue weighted by atomic mass is 35.5. The lowest BCUT2D eigenvalue weighted by Crippen LogP contribution is -2.51. The zero-order chi connectivity index (χ0) is 18.6. The molecule has 6 nitrogen and oxygen atoms in total. The number of halogens is 1. The summed E-state index contributed by atoms with van der Waals surface area (Å²) in [5.74, 6) is -0.189. The number of rotatable bonds is 5. The van der Waals surface area contributed by atoms with Crippen LogP contribution in [-0.2, 0) is 10.0 Å². The van der Waals surface area contributed by atoms with Gasteiger partial charge < -0.3 is 10.6 Å². The highest BCUT2D eigenvalue weighted by molar-refractivity contribution is 7.92. The Morgan fingerprint density at radius 2 is 1.74 bits per heavy atom. The molecule has 3 N–H and O–H groups in total. The SMILES string of the molecule is CC1NCCCC1NC(=O)c1ccc(S(=O)(=O)Nc2ccccc2)cc1.Cl. The van der Waals surface area contributed by atoms with Crippen LogP contribution in [0.4, 0.5) is 5.69 Å². The molecule has 0 radical (unpaired) electrons. The number of para-hydroxylation sites is 1. The fraction of sp³-hybridized carbons (Fsp3) is 0.316. The number of nitrogens with one attached hydrogen (secondary N) is 3. The van der Waals surface area contributed by atoms with Crippen molar-refractivity contribution in [3.8, 4) is 0 Å². The van der Waals surface area contributed by atoms with E-state index in [1.807, 2.05) is 6.07 Å². The zero-order valence-corrected chi connectivity index (χ0v) is 16.6. The lowest BCUT2D eigenvalue weighted by Gasteiger charge is -2.30. The maximum Gasteiger partial charge on any atom is 0.261 e. The quantitative estimate of drug-likeness (QED) is 0.708. The van der Waals surface area contributed by atoms with E-state index in [4.69, 9.17) is 0 Å². The molecule has 0 aliphatic carbocycles. The van der Waals surface area contributed by atoms with Crippen LogP contribution >= 0.6 is 12.4 Å². The third kappa shape index (κ3) is 5.45. The van der Waals surface area contributed by atoms with Crippen LogP contribution in [0.5, 0.6) is 0 Å². The van der Waals surface area contributed by atoms with E-state index in [2.05, 4.69) is 22.3 Å². The molecule has 1 amide bonds. The molecule has 0 spiro atoms. The van der Waals surface area contributed by atoms with Gasteiger partial charge in [-0.3, -0.25) is 9.52 Å². The summed E-state index contributed by atoms with van der Waals surface area (Å²) >= 11 is 0. The van der Waals surface area contributed by atoms with E-state index in [1.54, 1.807) is 24.3 Å². The van der Waals surface area contributed by atoms with Crippen molar-refractivity contribution in [2.45, 2.75) is 36.7 Å². The van der Waals surface area contributed by atoms with E-state index < -0.39 is 10.0 Å². The van der Waals surface area contributed by atoms with Crippen molar-refractivity contribution < 1.29 is 13.2 Å². The van der Waals surface area contributed by atoms with Crippen molar-refractivity contribution in [1.82, 2.24) is 10.6 Å². The summed E-state index contributed by atoms with van der Waals surface area (Å²) in [6, 6.07) is 15.0. The Bertz CT molecular complexity index is 858. The minimum absolute atomic E-state index is 0. The van der Waals surface area contributed by atoms with E-state index in [-0.39, 0.29) is 35.3 Å². The van der Waals surface area contributed by atoms with Crippen LogP contribution in [0.15, 0.2) is 59.5 Å². The first-order valence-electron chi connectivity index (χ1n) is 8.68. The van der Waals surface area contributed by atoms with Gasteiger partial charge >= 0.3 is 0 Å². The molecule has 0 saturated carbocycles. The molecule has 2 unspecified atom stereocenters. The molecule has 2 aromatic carbocycles. The van der Waals surface area contributed by atoms with Gasteiger partial charge in [-0.15, -0.1) is 12.4 Å². The van der Waals surface area contributed by atoms with Crippen molar-refractivity contribution in [1.29, 1.82) is 0 Å². The second kappa shape index (κ2) is 9.21. The van der Waals surface area contributed by atoms with Crippen LogP contribution in [0.25, 0.3) is 0 Å². The maximum atomic E-state index is 12.4. The van der Waals surface area contributed by atoms with Crippen LogP contribution in [0.3, 0.4) is 0 Å². The van der Waals surface area contributed by atoms with E-state index >= 15 is 0 Å². The van der Waals surface area contributed by atoms with Gasteiger partial charge in [0.1, 0.15) is 0 Å². The molecule has 1 aliphatic rings. The number of anilines is 1. The molecular weight excluding hydrogens is 386 g/mol. The fourth-order valence-electron chi connectivity index (χ4n) is 3.00. The molecule has 146 valence electrons. The number of piperidine rings is 1. The molecule has 3 rings (SSSR count). The van der Waals surface area contributed by atoms with Gasteiger partial charge in [-0.05, 0) is 62.7 Å². The van der Waals surface area contributed by atoms with Crippen LogP contribution in [-0.4, -0.2) is 33.0 Å². The zero-order valence-electron chi connectivity index (χ0n) is 15.0. The summed E-state index contributed by atoms with van der Waals surface area (Å²) in [6.07, 6.45) is 1.96. The fourth-order valence-corrected chi connectivity index (χ4v) is 4.06. The molecule has 1 heterocycles. The van der Waals surface area contributed by atoms with Crippen LogP contribution < -0.4 is 15.4 Å². The normalized spacial score (nSPS) is 19.6. The Balaban J connectivity index is 0.00000261. The third-order valence-corrected chi connectivity index (χ3v) is 5.93. The van der Waals surface area contributed by atoms with Gasteiger partial charge in [-0.2, -0.15) is 0 Å². The predicted octanol–water partition coefficient (Wildman–Crippen LogP) is 2.78. The average molecular weight is 410 g/mol. The molecule has 1 fully saturated rings. The summed E-state index contributed by atoms with van der Waals surface area (Å²) < 4.78 is 27.4. The minimum Gasteiger partial charge on any atom is -0.348 e. The molecule has 1 saturated heterocycles. The molecule has 2 atom stereocenters. The molecule has 27 heavy (non-hydrogen) atoms. The Labute approximate surface area is 166 Å². The van der Waals surface area contributed by atoms with Gasteiger partial charge in [0.25, 0.3) is 15.9 Å². The number of benzene rings is 2. The van der Waals surface area contributed by atoms with E-state index in [1.165, 1.54) is 24.3 Å². The Hall–Kier alpha value is -2.09. The Morgan fingerprint density at radius 3 is 2.37 bits per heavy atom. The number of amides is 1. The highest BCUT2D eigenvalue weighted by Gasteiger charge is 2.23. The molecule has 8 heteroatoms. The number of hydrogen-bond acceptors (Lipinski definition) is 4. The first kappa shape index (κ1) is 21.2. The number of sulfonamides is 1. The van der Waals surface area contributed by atoms with E-state index in [0.29, 0.717) is 11.3 Å². The van der Waals surface area contributed by atoms with Crippen molar-refractivity contribution in [3.63, 3.8) is 0 Å². The monoisotopic (exact) mass is 409 g/mol. The molecular formula is C19H24ClN3O3S. The number of carbonyl (C=O) groups is 1. The van der Waals surface area contributed by atoms with Crippen LogP contribution in [0, 0.1) is 0 Å². The van der Waals surface area contributed by atoms with Crippen molar-refractivity contribution in [3.05, 3.63) is 60.2 Å². The summed E-state index contributed by atoms with van der Waals surface area (Å²) in [7, 11) is -3.68. The van der Waals surface area contributed by atoms with Gasteiger partial charge in [-0.25, -0.2) is 8.42 Å². The van der Waals surface area contributed by atoms with Gasteiger partial charge in [0.05, 0.1) is 4.90 Å². The second-order valence-electron chi connectivity index (χ2n) is 6.46. The molecule has 2 aromatic rings. The Morgan fingerprint density at radius 1 is 1.07 bits per heavy atom. The summed E-state index contributed by atoms with van der Waals surface area (Å²) in [5, 5.41) is 6.36. The van der Waals surface area contributed by atoms with E-state index in [9.17, 15) is 13.2 Å². The first-order chi connectivity index (χ1) is 12.5. The standard InChI is InChI=1S/C19H23N3O3S.ClH/c1-14-18(8-5-13-20-14)21-19(23)15-9-11-17(12-10-15)26(24,25)22-16-6-3-2-4-7-16;/h2-4,6-7,9-12,14,18,20,22H,5,8,13H2,1H3,(H,21,23);1H. The highest BCUT2D eigenvalue weighted by Crippen LogP contribution is 2.17. The maximum absolute atomic E-state index is 12.4. The van der Waals surface area contributed by atoms with Crippen molar-refractivity contribution in [2.24, 2.45) is 0 Å². The van der Waals surface area contributed by atoms with Crippen LogP contribution in [0.2, 0.25) is 0 Å². The number of carbonyl (C=O) groups excluding carboxylic acids is 1. The second-order valence-corrected chi connectivity index (χ2v) is 8.14. The summed E-state index contributed by atoms with van der Waals surface area (Å²) in [5.41, 5.74) is 0.939. The predicted molar refractivity (Wildman–Crippen MR) is 109 cm³/mol. The van der Waals surface area contributed by atoms with Crippen molar-refractivity contribution >= 4 is 34.0 Å². The first-order valence-corrected chi connectivity index (χ1v) is 10.2. The topological polar surface area (TPSA) is 87.3 Å². The third-order valence-electron chi connectivity index (χ3n) is 4.53. The lowest BCUT2D eigenvalue weighted by atomic mass is 9.99. The lowest BCUT2D eigenvalue weighted by molar-refractivity contribution is 0.0919. The van der Waals surface area contributed by atoms with Gasteiger partial charge in [0.2, 0.25) is 0 Å². The molecule has 0 aromatic heterocycles. The van der Waals surface area contributed by atoms with Crippen LogP contribution in [0.1, 0.15) is 30.1 Å². The van der Waals surface area contributed by atoms with Gasteiger partial charge in [0, 0.05) is 23.3 Å². The van der Waals surface area contributed by atoms with Crippen molar-refractivity contribution in [2.75, 3.05) is 11.3 Å². The van der Waals surface area contributed by atoms with E-state index in [0.717, 1.165) is 19.4 Å². The van der Waals surface area contributed by atoms with Gasteiger partial charge in [0.15, 0.2) is 0 Å². The van der Waals surface area contributed by atoms with Gasteiger partial charge in [-0.1, -0.05) is 18.2 Å². The largest absolute Gasteiger partial charge is 0.348 e. The number of hydrogen-bond donors (Lipinski definition) is 3. The Kier molecular flexibility index (Phi) is 7.24. The summed E-state index contributed by atoms with van der Waals surface area (Å²) in [6.45, 7) is 3.02. The summed E-state index contributed by atoms with van der Waals surface area (Å²) in [4.78, 5) is 12.5. The molecule has 0 bridgehead atoms. The minimum atomic E-state index is -3.68. The average Bonchev–Trinajstić information content (AvgIpc) is 2.64. The smallest absolute Gasteiger partial charge is 0.261 e.